The van der Waals surface area contributed by atoms with Gasteiger partial charge in [0, 0.05) is 37.7 Å². The van der Waals surface area contributed by atoms with E-state index in [9.17, 15) is 4.79 Å². The first kappa shape index (κ1) is 18.9. The molecule has 1 amide bonds. The standard InChI is InChI=1S/C20H27N5O2/c1-2-22-20(25-10-6-7-15(14-25)11-19(21)26)23-13-17-12-18(27-24-17)16-8-4-3-5-9-16/h3-5,8-9,12,15H,2,6-7,10-11,13-14H2,1H3,(H2,21,26)(H,22,23). The van der Waals surface area contributed by atoms with Gasteiger partial charge in [-0.3, -0.25) is 4.79 Å². The summed E-state index contributed by atoms with van der Waals surface area (Å²) in [6, 6.07) is 11.8. The highest BCUT2D eigenvalue weighted by molar-refractivity contribution is 5.80. The van der Waals surface area contributed by atoms with Gasteiger partial charge in [0.05, 0.1) is 6.54 Å². The van der Waals surface area contributed by atoms with Crippen molar-refractivity contribution in [3.05, 3.63) is 42.1 Å². The van der Waals surface area contributed by atoms with Crippen LogP contribution in [0.25, 0.3) is 11.3 Å². The third kappa shape index (κ3) is 5.32. The van der Waals surface area contributed by atoms with Gasteiger partial charge in [0.2, 0.25) is 5.91 Å². The Morgan fingerprint density at radius 1 is 1.41 bits per heavy atom. The lowest BCUT2D eigenvalue weighted by molar-refractivity contribution is -0.119. The zero-order valence-electron chi connectivity index (χ0n) is 15.7. The number of nitrogens with two attached hydrogens (primary N) is 1. The fourth-order valence-corrected chi connectivity index (χ4v) is 3.42. The number of aliphatic imine (C=N–C) groups is 1. The van der Waals surface area contributed by atoms with Crippen LogP contribution in [0, 0.1) is 5.92 Å². The summed E-state index contributed by atoms with van der Waals surface area (Å²) in [6.07, 6.45) is 2.49. The Morgan fingerprint density at radius 3 is 2.96 bits per heavy atom. The normalized spacial score (nSPS) is 17.7. The molecular weight excluding hydrogens is 342 g/mol. The minimum absolute atomic E-state index is 0.236. The Balaban J connectivity index is 1.67. The number of likely N-dealkylation sites (tertiary alicyclic amines) is 1. The Kier molecular flexibility index (Phi) is 6.46. The van der Waals surface area contributed by atoms with E-state index < -0.39 is 0 Å². The monoisotopic (exact) mass is 369 g/mol. The molecule has 7 nitrogen and oxygen atoms in total. The van der Waals surface area contributed by atoms with Crippen LogP contribution >= 0.6 is 0 Å². The first-order valence-electron chi connectivity index (χ1n) is 9.48. The molecule has 1 aliphatic heterocycles. The van der Waals surface area contributed by atoms with E-state index in [2.05, 4.69) is 15.4 Å². The maximum Gasteiger partial charge on any atom is 0.217 e. The third-order valence-corrected chi connectivity index (χ3v) is 4.65. The highest BCUT2D eigenvalue weighted by atomic mass is 16.5. The van der Waals surface area contributed by atoms with E-state index in [1.165, 1.54) is 0 Å². The second-order valence-electron chi connectivity index (χ2n) is 6.84. The molecule has 144 valence electrons. The number of rotatable bonds is 6. The number of hydrogen-bond acceptors (Lipinski definition) is 4. The number of hydrogen-bond donors (Lipinski definition) is 2. The molecule has 1 atom stereocenters. The first-order valence-corrected chi connectivity index (χ1v) is 9.48. The van der Waals surface area contributed by atoms with Crippen LogP contribution in [0.3, 0.4) is 0 Å². The van der Waals surface area contributed by atoms with Gasteiger partial charge < -0.3 is 20.5 Å². The molecule has 2 heterocycles. The number of nitrogens with zero attached hydrogens (tertiary/aromatic N) is 3. The molecule has 0 radical (unpaired) electrons. The number of benzene rings is 1. The molecule has 2 aromatic rings. The van der Waals surface area contributed by atoms with E-state index in [4.69, 9.17) is 15.2 Å². The fraction of sp³-hybridized carbons (Fsp3) is 0.450. The minimum atomic E-state index is -0.236. The van der Waals surface area contributed by atoms with Crippen LogP contribution < -0.4 is 11.1 Å². The summed E-state index contributed by atoms with van der Waals surface area (Å²) in [7, 11) is 0. The maximum absolute atomic E-state index is 11.2. The number of amides is 1. The summed E-state index contributed by atoms with van der Waals surface area (Å²) in [5.74, 6) is 1.64. The van der Waals surface area contributed by atoms with E-state index in [1.807, 2.05) is 43.3 Å². The molecule has 1 fully saturated rings. The zero-order valence-corrected chi connectivity index (χ0v) is 15.7. The highest BCUT2D eigenvalue weighted by Gasteiger charge is 2.23. The molecule has 1 aliphatic rings. The summed E-state index contributed by atoms with van der Waals surface area (Å²) in [4.78, 5) is 18.2. The summed E-state index contributed by atoms with van der Waals surface area (Å²) >= 11 is 0. The van der Waals surface area contributed by atoms with E-state index in [-0.39, 0.29) is 11.8 Å². The van der Waals surface area contributed by atoms with Gasteiger partial charge in [0.1, 0.15) is 5.69 Å². The predicted molar refractivity (Wildman–Crippen MR) is 105 cm³/mol. The van der Waals surface area contributed by atoms with Crippen molar-refractivity contribution in [2.45, 2.75) is 32.7 Å². The van der Waals surface area contributed by atoms with Crippen molar-refractivity contribution in [1.29, 1.82) is 0 Å². The molecule has 3 N–H and O–H groups in total. The first-order chi connectivity index (χ1) is 13.2. The lowest BCUT2D eigenvalue weighted by Crippen LogP contribution is -2.47. The van der Waals surface area contributed by atoms with Gasteiger partial charge in [-0.25, -0.2) is 4.99 Å². The Labute approximate surface area is 159 Å². The lowest BCUT2D eigenvalue weighted by atomic mass is 9.95. The molecule has 0 saturated carbocycles. The van der Waals surface area contributed by atoms with E-state index >= 15 is 0 Å². The van der Waals surface area contributed by atoms with E-state index in [1.54, 1.807) is 0 Å². The van der Waals surface area contributed by atoms with Crippen LogP contribution in [0.2, 0.25) is 0 Å². The number of carbonyl (C=O) groups is 1. The van der Waals surface area contributed by atoms with Crippen molar-refractivity contribution in [3.8, 4) is 11.3 Å². The highest BCUT2D eigenvalue weighted by Crippen LogP contribution is 2.21. The largest absolute Gasteiger partial charge is 0.370 e. The maximum atomic E-state index is 11.2. The van der Waals surface area contributed by atoms with Gasteiger partial charge in [0.15, 0.2) is 11.7 Å². The number of piperidine rings is 1. The van der Waals surface area contributed by atoms with Crippen molar-refractivity contribution in [3.63, 3.8) is 0 Å². The number of aromatic nitrogens is 1. The second kappa shape index (κ2) is 9.21. The van der Waals surface area contributed by atoms with Crippen molar-refractivity contribution in [1.82, 2.24) is 15.4 Å². The van der Waals surface area contributed by atoms with Crippen molar-refractivity contribution in [2.24, 2.45) is 16.6 Å². The average molecular weight is 369 g/mol. The van der Waals surface area contributed by atoms with Gasteiger partial charge in [-0.05, 0) is 25.7 Å². The van der Waals surface area contributed by atoms with Crippen LogP contribution in [-0.4, -0.2) is 41.6 Å². The van der Waals surface area contributed by atoms with E-state index in [0.29, 0.717) is 13.0 Å². The summed E-state index contributed by atoms with van der Waals surface area (Å²) in [6.45, 7) is 4.99. The second-order valence-corrected chi connectivity index (χ2v) is 6.84. The number of carbonyl (C=O) groups excluding carboxylic acids is 1. The van der Waals surface area contributed by atoms with Crippen LogP contribution in [-0.2, 0) is 11.3 Å². The SMILES string of the molecule is CCNC(=NCc1cc(-c2ccccc2)on1)N1CCCC(CC(N)=O)C1. The van der Waals surface area contributed by atoms with Crippen LogP contribution in [0.1, 0.15) is 31.9 Å². The zero-order chi connectivity index (χ0) is 19.1. The summed E-state index contributed by atoms with van der Waals surface area (Å²) in [5, 5.41) is 7.47. The molecule has 0 aliphatic carbocycles. The van der Waals surface area contributed by atoms with Crippen LogP contribution in [0.5, 0.6) is 0 Å². The average Bonchev–Trinajstić information content (AvgIpc) is 3.14. The Bertz CT molecular complexity index is 772. The van der Waals surface area contributed by atoms with Gasteiger partial charge in [0.25, 0.3) is 0 Å². The van der Waals surface area contributed by atoms with Crippen molar-refractivity contribution >= 4 is 11.9 Å². The van der Waals surface area contributed by atoms with Crippen molar-refractivity contribution < 1.29 is 9.32 Å². The Morgan fingerprint density at radius 2 is 2.22 bits per heavy atom. The summed E-state index contributed by atoms with van der Waals surface area (Å²) < 4.78 is 5.44. The minimum Gasteiger partial charge on any atom is -0.370 e. The molecule has 3 rings (SSSR count). The van der Waals surface area contributed by atoms with Crippen molar-refractivity contribution in [2.75, 3.05) is 19.6 Å². The van der Waals surface area contributed by atoms with E-state index in [0.717, 1.165) is 55.5 Å². The lowest BCUT2D eigenvalue weighted by Gasteiger charge is -2.34. The molecule has 1 aromatic carbocycles. The van der Waals surface area contributed by atoms with Crippen LogP contribution in [0.4, 0.5) is 0 Å². The Hall–Kier alpha value is -2.83. The molecule has 7 heteroatoms. The quantitative estimate of drug-likeness (QED) is 0.602. The number of primary amides is 1. The van der Waals surface area contributed by atoms with Crippen LogP contribution in [0.15, 0.2) is 45.9 Å². The fourth-order valence-electron chi connectivity index (χ4n) is 3.42. The third-order valence-electron chi connectivity index (χ3n) is 4.65. The molecule has 1 unspecified atom stereocenters. The molecule has 0 bridgehead atoms. The van der Waals surface area contributed by atoms with Gasteiger partial charge in [-0.1, -0.05) is 35.5 Å². The molecule has 0 spiro atoms. The predicted octanol–water partition coefficient (Wildman–Crippen LogP) is 2.39. The van der Waals surface area contributed by atoms with Gasteiger partial charge in [-0.2, -0.15) is 0 Å². The topological polar surface area (TPSA) is 96.8 Å². The molecule has 1 saturated heterocycles. The molecule has 1 aromatic heterocycles. The van der Waals surface area contributed by atoms with Gasteiger partial charge in [-0.15, -0.1) is 0 Å². The molecule has 27 heavy (non-hydrogen) atoms. The smallest absolute Gasteiger partial charge is 0.217 e. The van der Waals surface area contributed by atoms with Gasteiger partial charge >= 0.3 is 0 Å². The number of guanidine groups is 1. The molecular formula is C20H27N5O2. The number of nitrogens with one attached hydrogen (secondary N) is 1. The summed E-state index contributed by atoms with van der Waals surface area (Å²) in [5.41, 5.74) is 7.15.